The lowest BCUT2D eigenvalue weighted by Gasteiger charge is -2.44. The van der Waals surface area contributed by atoms with Gasteiger partial charge in [-0.05, 0) is 66.9 Å². The summed E-state index contributed by atoms with van der Waals surface area (Å²) in [5, 5.41) is 6.03. The van der Waals surface area contributed by atoms with Gasteiger partial charge in [0.05, 0.1) is 39.0 Å². The van der Waals surface area contributed by atoms with Crippen LogP contribution in [0.15, 0.2) is 76.1 Å². The van der Waals surface area contributed by atoms with Crippen molar-refractivity contribution >= 4 is 33.2 Å². The predicted molar refractivity (Wildman–Crippen MR) is 139 cm³/mol. The number of Topliss-reactive ketones (excluding diaryl/α,β-unsaturated/α-hetero) is 1. The van der Waals surface area contributed by atoms with Gasteiger partial charge in [-0.3, -0.25) is 4.79 Å². The van der Waals surface area contributed by atoms with E-state index in [1.165, 1.54) is 29.0 Å². The molecule has 4 aromatic rings. The highest BCUT2D eigenvalue weighted by atomic mass is 32.2. The third-order valence-electron chi connectivity index (χ3n) is 7.35. The predicted octanol–water partition coefficient (Wildman–Crippen LogP) is 5.39. The number of fused-ring (bicyclic) bond motifs is 2. The molecule has 0 N–H and O–H groups in total. The van der Waals surface area contributed by atoms with Crippen LogP contribution in [0.4, 0.5) is 17.6 Å². The number of nitrogens with zero attached hydrogens (tertiary/aromatic N) is 4. The van der Waals surface area contributed by atoms with Crippen molar-refractivity contribution in [3.8, 4) is 5.69 Å². The highest BCUT2D eigenvalue weighted by Crippen LogP contribution is 2.47. The van der Waals surface area contributed by atoms with Gasteiger partial charge in [-0.1, -0.05) is 11.6 Å². The van der Waals surface area contributed by atoms with Crippen molar-refractivity contribution in [1.29, 1.82) is 0 Å². The molecular formula is C27H20F4N4O3S2. The van der Waals surface area contributed by atoms with E-state index in [1.54, 1.807) is 28.4 Å². The van der Waals surface area contributed by atoms with Crippen LogP contribution in [-0.2, 0) is 22.6 Å². The van der Waals surface area contributed by atoms with Gasteiger partial charge in [0.25, 0.3) is 0 Å². The maximum Gasteiger partial charge on any atom is 0.416 e. The molecule has 1 fully saturated rings. The molecular weight excluding hydrogens is 568 g/mol. The lowest BCUT2D eigenvalue weighted by atomic mass is 9.65. The van der Waals surface area contributed by atoms with Crippen molar-refractivity contribution in [2.45, 2.75) is 23.9 Å². The Morgan fingerprint density at radius 2 is 1.88 bits per heavy atom. The Kier molecular flexibility index (Phi) is 6.28. The number of hydrogen-bond acceptors (Lipinski definition) is 6. The lowest BCUT2D eigenvalue weighted by Crippen LogP contribution is -2.53. The zero-order valence-corrected chi connectivity index (χ0v) is 22.2. The summed E-state index contributed by atoms with van der Waals surface area (Å²) in [5.41, 5.74) is 1.95. The van der Waals surface area contributed by atoms with Crippen molar-refractivity contribution < 1.29 is 30.8 Å². The lowest BCUT2D eigenvalue weighted by molar-refractivity contribution is -0.137. The quantitative estimate of drug-likeness (QED) is 0.231. The number of carbonyl (C=O) groups is 1. The summed E-state index contributed by atoms with van der Waals surface area (Å²) in [4.78, 5) is 17.7. The van der Waals surface area contributed by atoms with Gasteiger partial charge >= 0.3 is 6.18 Å². The van der Waals surface area contributed by atoms with Crippen LogP contribution in [0.2, 0.25) is 0 Å². The number of piperidine rings is 1. The topological polar surface area (TPSA) is 85.2 Å². The summed E-state index contributed by atoms with van der Waals surface area (Å²) in [6.07, 6.45) is -1.03. The van der Waals surface area contributed by atoms with Crippen molar-refractivity contribution in [1.82, 2.24) is 19.1 Å². The second-order valence-electron chi connectivity index (χ2n) is 9.69. The Balaban J connectivity index is 1.42. The molecule has 6 rings (SSSR count). The summed E-state index contributed by atoms with van der Waals surface area (Å²) >= 11 is 1.23. The van der Waals surface area contributed by atoms with E-state index in [0.717, 1.165) is 22.5 Å². The zero-order chi connectivity index (χ0) is 28.3. The summed E-state index contributed by atoms with van der Waals surface area (Å²) in [7, 11) is -4.38. The highest BCUT2D eigenvalue weighted by molar-refractivity contribution is 7.89. The Labute approximate surface area is 230 Å². The second kappa shape index (κ2) is 9.46. The maximum absolute atomic E-state index is 14.0. The van der Waals surface area contributed by atoms with Gasteiger partial charge < -0.3 is 0 Å². The molecule has 1 aliphatic carbocycles. The SMILES string of the molecule is O=C(c1cscn1)[C@]12Cc3cnn(-c4ccc(F)cc4)c3C=C1CCN(S(=O)(=O)c1cccc(C(F)(F)F)c1)C2. The molecule has 7 nitrogen and oxygen atoms in total. The van der Waals surface area contributed by atoms with Crippen molar-refractivity contribution in [2.24, 2.45) is 5.41 Å². The van der Waals surface area contributed by atoms with E-state index in [4.69, 9.17) is 0 Å². The first kappa shape index (κ1) is 26.5. The van der Waals surface area contributed by atoms with Crippen molar-refractivity contribution in [3.63, 3.8) is 0 Å². The number of rotatable bonds is 5. The zero-order valence-electron chi connectivity index (χ0n) is 20.6. The Morgan fingerprint density at radius 3 is 2.58 bits per heavy atom. The molecule has 13 heteroatoms. The van der Waals surface area contributed by atoms with Crippen LogP contribution in [-0.4, -0.2) is 46.4 Å². The molecule has 0 unspecified atom stereocenters. The number of halogens is 4. The number of sulfonamides is 1. The number of benzene rings is 2. The standard InChI is InChI=1S/C27H20F4N4O3S2/c28-20-4-6-21(7-5-20)35-24-11-18-8-9-34(40(37,38)22-3-1-2-19(10-22)27(29,30)31)15-26(18,12-17(24)13-33-35)25(36)23-14-39-16-32-23/h1-7,10-11,13-14,16H,8-9,12,15H2/t26-/m0/s1. The fourth-order valence-corrected chi connectivity index (χ4v) is 7.44. The minimum absolute atomic E-state index is 0.0312. The number of ketones is 1. The van der Waals surface area contributed by atoms with E-state index < -0.39 is 37.9 Å². The average Bonchev–Trinajstić information content (AvgIpc) is 3.61. The van der Waals surface area contributed by atoms with Gasteiger partial charge in [-0.25, -0.2) is 22.5 Å². The highest BCUT2D eigenvalue weighted by Gasteiger charge is 2.51. The molecule has 0 radical (unpaired) electrons. The van der Waals surface area contributed by atoms with Gasteiger partial charge in [-0.2, -0.15) is 22.6 Å². The normalized spacial score (nSPS) is 19.6. The number of carbonyl (C=O) groups excluding carboxylic acids is 1. The molecule has 2 aromatic heterocycles. The van der Waals surface area contributed by atoms with E-state index in [1.807, 2.05) is 6.08 Å². The van der Waals surface area contributed by atoms with Gasteiger partial charge in [0.2, 0.25) is 10.0 Å². The van der Waals surface area contributed by atoms with E-state index in [2.05, 4.69) is 10.1 Å². The van der Waals surface area contributed by atoms with Gasteiger partial charge in [-0.15, -0.1) is 11.3 Å². The fraction of sp³-hybridized carbons (Fsp3) is 0.222. The number of alkyl halides is 3. The maximum atomic E-state index is 14.0. The first-order valence-electron chi connectivity index (χ1n) is 12.1. The summed E-state index contributed by atoms with van der Waals surface area (Å²) in [5.74, 6) is -0.769. The van der Waals surface area contributed by atoms with E-state index in [-0.39, 0.29) is 37.4 Å². The van der Waals surface area contributed by atoms with Crippen LogP contribution < -0.4 is 0 Å². The monoisotopic (exact) mass is 588 g/mol. The van der Waals surface area contributed by atoms with Crippen LogP contribution in [0.1, 0.15) is 33.7 Å². The van der Waals surface area contributed by atoms with Crippen LogP contribution in [0.5, 0.6) is 0 Å². The molecule has 0 bridgehead atoms. The smallest absolute Gasteiger partial charge is 0.291 e. The molecule has 0 amide bonds. The molecule has 1 atom stereocenters. The van der Waals surface area contributed by atoms with Gasteiger partial charge in [0.15, 0.2) is 5.78 Å². The van der Waals surface area contributed by atoms with Crippen molar-refractivity contribution in [3.05, 3.63) is 99.5 Å². The Morgan fingerprint density at radius 1 is 1.10 bits per heavy atom. The van der Waals surface area contributed by atoms with Gasteiger partial charge in [0, 0.05) is 18.5 Å². The number of hydrogen-bond donors (Lipinski definition) is 0. The van der Waals surface area contributed by atoms with Crippen LogP contribution in [0.3, 0.4) is 0 Å². The van der Waals surface area contributed by atoms with E-state index in [9.17, 15) is 30.8 Å². The molecule has 3 heterocycles. The molecule has 0 saturated carbocycles. The minimum atomic E-state index is -4.71. The first-order chi connectivity index (χ1) is 19.0. The molecule has 2 aliphatic rings. The van der Waals surface area contributed by atoms with Crippen molar-refractivity contribution in [2.75, 3.05) is 13.1 Å². The minimum Gasteiger partial charge on any atom is -0.291 e. The summed E-state index contributed by atoms with van der Waals surface area (Å²) in [6.45, 7) is -0.300. The first-order valence-corrected chi connectivity index (χ1v) is 14.5. The van der Waals surface area contributed by atoms with E-state index >= 15 is 0 Å². The Hall–Kier alpha value is -3.68. The molecule has 2 aromatic carbocycles. The van der Waals surface area contributed by atoms with Crippen LogP contribution >= 0.6 is 11.3 Å². The molecule has 1 aliphatic heterocycles. The van der Waals surface area contributed by atoms with Crippen LogP contribution in [0, 0.1) is 11.2 Å². The molecule has 0 spiro atoms. The number of thiazole rings is 1. The third kappa shape index (κ3) is 4.38. The third-order valence-corrected chi connectivity index (χ3v) is 9.78. The summed E-state index contributed by atoms with van der Waals surface area (Å²) < 4.78 is 83.5. The largest absolute Gasteiger partial charge is 0.416 e. The molecule has 1 saturated heterocycles. The molecule has 206 valence electrons. The van der Waals surface area contributed by atoms with E-state index in [0.29, 0.717) is 28.6 Å². The summed E-state index contributed by atoms with van der Waals surface area (Å²) in [6, 6.07) is 9.38. The van der Waals surface area contributed by atoms with Crippen LogP contribution in [0.25, 0.3) is 11.8 Å². The Bertz CT molecular complexity index is 1750. The van der Waals surface area contributed by atoms with Gasteiger partial charge in [0.1, 0.15) is 11.5 Å². The number of aromatic nitrogens is 3. The molecule has 40 heavy (non-hydrogen) atoms. The fourth-order valence-electron chi connectivity index (χ4n) is 5.36. The second-order valence-corrected chi connectivity index (χ2v) is 12.3. The average molecular weight is 589 g/mol.